The van der Waals surface area contributed by atoms with Crippen molar-refractivity contribution in [3.05, 3.63) is 59.2 Å². The zero-order chi connectivity index (χ0) is 23.2. The van der Waals surface area contributed by atoms with Crippen LogP contribution in [0.1, 0.15) is 43.9 Å². The van der Waals surface area contributed by atoms with Crippen LogP contribution in [0.5, 0.6) is 5.75 Å². The maximum absolute atomic E-state index is 12.8. The minimum Gasteiger partial charge on any atom is -0.491 e. The average Bonchev–Trinajstić information content (AvgIpc) is 2.66. The second-order valence-electron chi connectivity index (χ2n) is 8.23. The molecule has 2 rings (SSSR count). The van der Waals surface area contributed by atoms with Gasteiger partial charge in [-0.3, -0.25) is 9.10 Å². The van der Waals surface area contributed by atoms with Crippen molar-refractivity contribution in [3.8, 4) is 5.75 Å². The van der Waals surface area contributed by atoms with Gasteiger partial charge in [-0.25, -0.2) is 8.42 Å². The molecule has 0 aliphatic rings. The van der Waals surface area contributed by atoms with Crippen LogP contribution < -0.4 is 14.4 Å². The van der Waals surface area contributed by atoms with Crippen molar-refractivity contribution < 1.29 is 17.9 Å². The van der Waals surface area contributed by atoms with E-state index >= 15 is 0 Å². The molecule has 1 unspecified atom stereocenters. The van der Waals surface area contributed by atoms with Crippen LogP contribution in [0.4, 0.5) is 5.69 Å². The lowest BCUT2D eigenvalue weighted by molar-refractivity contribution is -0.121. The van der Waals surface area contributed by atoms with Gasteiger partial charge in [-0.05, 0) is 82.3 Å². The van der Waals surface area contributed by atoms with E-state index < -0.39 is 16.1 Å². The molecule has 7 heteroatoms. The van der Waals surface area contributed by atoms with Gasteiger partial charge < -0.3 is 10.1 Å². The summed E-state index contributed by atoms with van der Waals surface area (Å²) < 4.78 is 31.9. The van der Waals surface area contributed by atoms with Crippen LogP contribution in [0.2, 0.25) is 0 Å². The molecule has 170 valence electrons. The molecule has 0 aromatic heterocycles. The molecule has 0 heterocycles. The van der Waals surface area contributed by atoms with Crippen LogP contribution in [0.15, 0.2) is 42.5 Å². The quantitative estimate of drug-likeness (QED) is 0.560. The first-order chi connectivity index (χ1) is 14.5. The number of anilines is 1. The van der Waals surface area contributed by atoms with E-state index in [2.05, 4.69) is 5.32 Å². The van der Waals surface area contributed by atoms with Crippen LogP contribution in [0.3, 0.4) is 0 Å². The van der Waals surface area contributed by atoms with Crippen LogP contribution in [0, 0.1) is 13.8 Å². The van der Waals surface area contributed by atoms with Gasteiger partial charge in [0.2, 0.25) is 15.9 Å². The van der Waals surface area contributed by atoms with Gasteiger partial charge in [0.05, 0.1) is 18.0 Å². The van der Waals surface area contributed by atoms with Gasteiger partial charge in [0.15, 0.2) is 0 Å². The molecule has 0 radical (unpaired) electrons. The summed E-state index contributed by atoms with van der Waals surface area (Å²) in [4.78, 5) is 12.8. The third-order valence-corrected chi connectivity index (χ3v) is 6.13. The average molecular weight is 447 g/mol. The summed E-state index contributed by atoms with van der Waals surface area (Å²) in [7, 11) is -3.63. The Morgan fingerprint density at radius 1 is 1.10 bits per heavy atom. The largest absolute Gasteiger partial charge is 0.491 e. The Labute approximate surface area is 186 Å². The molecule has 0 saturated carbocycles. The van der Waals surface area contributed by atoms with Crippen molar-refractivity contribution in [2.24, 2.45) is 0 Å². The summed E-state index contributed by atoms with van der Waals surface area (Å²) in [6.07, 6.45) is 2.78. The second-order valence-corrected chi connectivity index (χ2v) is 10.1. The topological polar surface area (TPSA) is 75.7 Å². The number of amides is 1. The minimum atomic E-state index is -3.63. The molecule has 31 heavy (non-hydrogen) atoms. The SMILES string of the molecule is Cc1ccc(C)c(N(C(C)C(=O)NCCCc2cccc(OC(C)C)c2)S(C)(=O)=O)c1. The summed E-state index contributed by atoms with van der Waals surface area (Å²) >= 11 is 0. The van der Waals surface area contributed by atoms with Crippen LogP contribution in [-0.2, 0) is 21.2 Å². The van der Waals surface area contributed by atoms with E-state index in [1.807, 2.05) is 64.1 Å². The van der Waals surface area contributed by atoms with E-state index in [1.165, 1.54) is 4.31 Å². The third kappa shape index (κ3) is 7.28. The van der Waals surface area contributed by atoms with E-state index in [9.17, 15) is 13.2 Å². The number of hydrogen-bond donors (Lipinski definition) is 1. The van der Waals surface area contributed by atoms with Gasteiger partial charge in [-0.1, -0.05) is 24.3 Å². The molecule has 2 aromatic rings. The number of benzene rings is 2. The molecular formula is C24H34N2O4S. The van der Waals surface area contributed by atoms with Gasteiger partial charge in [-0.15, -0.1) is 0 Å². The molecule has 1 N–H and O–H groups in total. The Balaban J connectivity index is 2.00. The second kappa shape index (κ2) is 10.7. The highest BCUT2D eigenvalue weighted by Crippen LogP contribution is 2.26. The number of carbonyl (C=O) groups excluding carboxylic acids is 1. The molecule has 6 nitrogen and oxygen atoms in total. The van der Waals surface area contributed by atoms with E-state index in [-0.39, 0.29) is 12.0 Å². The molecule has 1 amide bonds. The van der Waals surface area contributed by atoms with E-state index in [0.717, 1.165) is 41.5 Å². The van der Waals surface area contributed by atoms with Gasteiger partial charge in [0.1, 0.15) is 11.8 Å². The normalized spacial score (nSPS) is 12.5. The zero-order valence-electron chi connectivity index (χ0n) is 19.3. The van der Waals surface area contributed by atoms with Gasteiger partial charge in [0, 0.05) is 6.54 Å². The Morgan fingerprint density at radius 3 is 2.45 bits per heavy atom. The van der Waals surface area contributed by atoms with Crippen LogP contribution in [-0.4, -0.2) is 39.3 Å². The van der Waals surface area contributed by atoms with Crippen molar-refractivity contribution in [2.75, 3.05) is 17.1 Å². The number of nitrogens with one attached hydrogen (secondary N) is 1. The Kier molecular flexibility index (Phi) is 8.51. The number of ether oxygens (including phenoxy) is 1. The summed E-state index contributed by atoms with van der Waals surface area (Å²) in [5.41, 5.74) is 3.41. The summed E-state index contributed by atoms with van der Waals surface area (Å²) in [6, 6.07) is 12.7. The lowest BCUT2D eigenvalue weighted by atomic mass is 10.1. The lowest BCUT2D eigenvalue weighted by Gasteiger charge is -2.29. The molecule has 0 aliphatic heterocycles. The highest BCUT2D eigenvalue weighted by Gasteiger charge is 2.30. The minimum absolute atomic E-state index is 0.117. The smallest absolute Gasteiger partial charge is 0.243 e. The lowest BCUT2D eigenvalue weighted by Crippen LogP contribution is -2.48. The van der Waals surface area contributed by atoms with Crippen molar-refractivity contribution in [1.29, 1.82) is 0 Å². The number of nitrogens with zero attached hydrogens (tertiary/aromatic N) is 1. The zero-order valence-corrected chi connectivity index (χ0v) is 20.1. The van der Waals surface area contributed by atoms with Crippen molar-refractivity contribution >= 4 is 21.6 Å². The number of sulfonamides is 1. The number of aryl methyl sites for hydroxylation is 3. The molecule has 0 spiro atoms. The Hall–Kier alpha value is -2.54. The predicted molar refractivity (Wildman–Crippen MR) is 126 cm³/mol. The third-order valence-electron chi connectivity index (χ3n) is 4.90. The summed E-state index contributed by atoms with van der Waals surface area (Å²) in [5, 5.41) is 2.88. The first-order valence-electron chi connectivity index (χ1n) is 10.6. The summed E-state index contributed by atoms with van der Waals surface area (Å²) in [6.45, 7) is 9.79. The van der Waals surface area contributed by atoms with Crippen LogP contribution >= 0.6 is 0 Å². The van der Waals surface area contributed by atoms with Gasteiger partial charge in [-0.2, -0.15) is 0 Å². The van der Waals surface area contributed by atoms with E-state index in [4.69, 9.17) is 4.74 Å². The first-order valence-corrected chi connectivity index (χ1v) is 12.4. The maximum Gasteiger partial charge on any atom is 0.243 e. The fourth-order valence-electron chi connectivity index (χ4n) is 3.44. The fourth-order valence-corrected chi connectivity index (χ4v) is 4.66. The predicted octanol–water partition coefficient (Wildman–Crippen LogP) is 3.99. The van der Waals surface area contributed by atoms with Gasteiger partial charge in [0.25, 0.3) is 0 Å². The molecule has 1 atom stereocenters. The summed E-state index contributed by atoms with van der Waals surface area (Å²) in [5.74, 6) is 0.519. The van der Waals surface area contributed by atoms with Crippen molar-refractivity contribution in [2.45, 2.75) is 59.6 Å². The van der Waals surface area contributed by atoms with Gasteiger partial charge >= 0.3 is 0 Å². The number of rotatable bonds is 10. The highest BCUT2D eigenvalue weighted by molar-refractivity contribution is 7.92. The molecule has 0 bridgehead atoms. The highest BCUT2D eigenvalue weighted by atomic mass is 32.2. The fraction of sp³-hybridized carbons (Fsp3) is 0.458. The molecule has 0 aliphatic carbocycles. The monoisotopic (exact) mass is 446 g/mol. The molecule has 2 aromatic carbocycles. The van der Waals surface area contributed by atoms with Crippen molar-refractivity contribution in [1.82, 2.24) is 5.32 Å². The Morgan fingerprint density at radius 2 is 1.81 bits per heavy atom. The Bertz CT molecular complexity index is 1000. The first kappa shape index (κ1) is 24.7. The maximum atomic E-state index is 12.8. The molecule has 0 saturated heterocycles. The molecule has 0 fully saturated rings. The standard InChI is InChI=1S/C24H34N2O4S/c1-17(2)30-22-11-7-9-21(16-22)10-8-14-25-24(27)20(5)26(31(6,28)29)23-15-18(3)12-13-19(23)4/h7,9,11-13,15-17,20H,8,10,14H2,1-6H3,(H,25,27). The number of carbonyl (C=O) groups is 1. The van der Waals surface area contributed by atoms with E-state index in [1.54, 1.807) is 13.0 Å². The number of hydrogen-bond acceptors (Lipinski definition) is 4. The molecular weight excluding hydrogens is 412 g/mol. The van der Waals surface area contributed by atoms with E-state index in [0.29, 0.717) is 12.2 Å². The van der Waals surface area contributed by atoms with Crippen LogP contribution in [0.25, 0.3) is 0 Å². The van der Waals surface area contributed by atoms with Crippen molar-refractivity contribution in [3.63, 3.8) is 0 Å².